The Hall–Kier alpha value is -3.66. The molecule has 0 unspecified atom stereocenters. The average molecular weight is 524 g/mol. The predicted octanol–water partition coefficient (Wildman–Crippen LogP) is 5.10. The van der Waals surface area contributed by atoms with Crippen molar-refractivity contribution in [1.29, 1.82) is 0 Å². The summed E-state index contributed by atoms with van der Waals surface area (Å²) in [4.78, 5) is 13.5. The Morgan fingerprint density at radius 1 is 1.08 bits per heavy atom. The molecular weight excluding hydrogens is 498 g/mol. The SMILES string of the molecule is COc1ccc(CNSc2cc(NC(=O)Cc3ccccc3Cl)ccc2-n2cc(N)cn2)c(OC)c1. The van der Waals surface area contributed by atoms with E-state index < -0.39 is 0 Å². The molecule has 0 spiro atoms. The summed E-state index contributed by atoms with van der Waals surface area (Å²) in [5.41, 5.74) is 9.65. The number of benzene rings is 3. The van der Waals surface area contributed by atoms with E-state index in [1.807, 2.05) is 54.6 Å². The highest BCUT2D eigenvalue weighted by Gasteiger charge is 2.13. The van der Waals surface area contributed by atoms with Gasteiger partial charge in [0.15, 0.2) is 0 Å². The van der Waals surface area contributed by atoms with Crippen molar-refractivity contribution in [2.24, 2.45) is 0 Å². The summed E-state index contributed by atoms with van der Waals surface area (Å²) >= 11 is 7.62. The van der Waals surface area contributed by atoms with Crippen LogP contribution in [0.25, 0.3) is 5.69 Å². The Morgan fingerprint density at radius 2 is 1.92 bits per heavy atom. The largest absolute Gasteiger partial charge is 0.497 e. The molecule has 0 saturated carbocycles. The number of nitrogens with two attached hydrogens (primary N) is 1. The first-order valence-corrected chi connectivity index (χ1v) is 12.2. The van der Waals surface area contributed by atoms with Crippen molar-refractivity contribution in [3.05, 3.63) is 89.2 Å². The lowest BCUT2D eigenvalue weighted by Gasteiger charge is -2.14. The first-order chi connectivity index (χ1) is 17.5. The molecule has 4 rings (SSSR count). The molecule has 0 saturated heterocycles. The molecule has 0 fully saturated rings. The van der Waals surface area contributed by atoms with Crippen molar-refractivity contribution >= 4 is 40.8 Å². The van der Waals surface area contributed by atoms with E-state index in [2.05, 4.69) is 15.1 Å². The van der Waals surface area contributed by atoms with Gasteiger partial charge < -0.3 is 20.5 Å². The van der Waals surface area contributed by atoms with Gasteiger partial charge in [0.05, 0.1) is 49.3 Å². The normalized spacial score (nSPS) is 10.8. The molecular formula is C26H26ClN5O3S. The van der Waals surface area contributed by atoms with Crippen LogP contribution in [0.15, 0.2) is 78.0 Å². The van der Waals surface area contributed by atoms with Crippen LogP contribution in [-0.4, -0.2) is 29.9 Å². The van der Waals surface area contributed by atoms with Crippen LogP contribution in [0.2, 0.25) is 5.02 Å². The Balaban J connectivity index is 1.51. The van der Waals surface area contributed by atoms with Crippen LogP contribution in [0.4, 0.5) is 11.4 Å². The minimum absolute atomic E-state index is 0.161. The zero-order valence-electron chi connectivity index (χ0n) is 19.8. The predicted molar refractivity (Wildman–Crippen MR) is 144 cm³/mol. The molecule has 0 aliphatic carbocycles. The zero-order valence-corrected chi connectivity index (χ0v) is 21.4. The number of ether oxygens (including phenoxy) is 2. The van der Waals surface area contributed by atoms with Crippen LogP contribution in [0, 0.1) is 0 Å². The second-order valence-corrected chi connectivity index (χ2v) is 9.16. The van der Waals surface area contributed by atoms with Crippen molar-refractivity contribution < 1.29 is 14.3 Å². The molecule has 0 bridgehead atoms. The van der Waals surface area contributed by atoms with E-state index in [9.17, 15) is 4.79 Å². The highest BCUT2D eigenvalue weighted by atomic mass is 35.5. The maximum atomic E-state index is 12.7. The second kappa shape index (κ2) is 11.9. The van der Waals surface area contributed by atoms with E-state index in [1.165, 1.54) is 11.9 Å². The molecule has 10 heteroatoms. The van der Waals surface area contributed by atoms with Crippen LogP contribution in [0.5, 0.6) is 11.5 Å². The number of hydrogen-bond donors (Lipinski definition) is 3. The number of halogens is 1. The maximum absolute atomic E-state index is 12.7. The summed E-state index contributed by atoms with van der Waals surface area (Å²) in [5, 5.41) is 7.85. The first-order valence-electron chi connectivity index (χ1n) is 11.0. The zero-order chi connectivity index (χ0) is 25.5. The van der Waals surface area contributed by atoms with Crippen LogP contribution in [0.3, 0.4) is 0 Å². The van der Waals surface area contributed by atoms with Crippen LogP contribution in [-0.2, 0) is 17.8 Å². The Bertz CT molecular complexity index is 1360. The van der Waals surface area contributed by atoms with Crippen molar-refractivity contribution in [2.45, 2.75) is 17.9 Å². The van der Waals surface area contributed by atoms with E-state index in [1.54, 1.807) is 37.4 Å². The number of amides is 1. The highest BCUT2D eigenvalue weighted by molar-refractivity contribution is 7.97. The van der Waals surface area contributed by atoms with Gasteiger partial charge in [0.25, 0.3) is 0 Å². The fourth-order valence-corrected chi connectivity index (χ4v) is 4.58. The first kappa shape index (κ1) is 25.4. The van der Waals surface area contributed by atoms with Crippen molar-refractivity contribution in [3.8, 4) is 17.2 Å². The lowest BCUT2D eigenvalue weighted by molar-refractivity contribution is -0.115. The van der Waals surface area contributed by atoms with Gasteiger partial charge in [-0.2, -0.15) is 5.10 Å². The summed E-state index contributed by atoms with van der Waals surface area (Å²) < 4.78 is 15.8. The minimum atomic E-state index is -0.161. The Labute approximate surface area is 218 Å². The van der Waals surface area contributed by atoms with Gasteiger partial charge in [-0.3, -0.25) is 9.52 Å². The molecule has 3 aromatic carbocycles. The molecule has 1 aromatic heterocycles. The van der Waals surface area contributed by atoms with E-state index in [4.69, 9.17) is 26.8 Å². The number of aromatic nitrogens is 2. The van der Waals surface area contributed by atoms with E-state index >= 15 is 0 Å². The number of hydrogen-bond acceptors (Lipinski definition) is 7. The minimum Gasteiger partial charge on any atom is -0.497 e. The number of nitrogens with one attached hydrogen (secondary N) is 2. The number of rotatable bonds is 10. The monoisotopic (exact) mass is 523 g/mol. The van der Waals surface area contributed by atoms with Gasteiger partial charge in [0.1, 0.15) is 11.5 Å². The van der Waals surface area contributed by atoms with Gasteiger partial charge in [-0.05, 0) is 47.8 Å². The van der Waals surface area contributed by atoms with E-state index in [0.29, 0.717) is 22.9 Å². The number of nitrogen functional groups attached to an aromatic ring is 1. The average Bonchev–Trinajstić information content (AvgIpc) is 3.31. The van der Waals surface area contributed by atoms with Gasteiger partial charge in [-0.15, -0.1) is 0 Å². The molecule has 0 aliphatic rings. The molecule has 4 N–H and O–H groups in total. The Morgan fingerprint density at radius 3 is 2.64 bits per heavy atom. The van der Waals surface area contributed by atoms with E-state index in [-0.39, 0.29) is 12.3 Å². The number of methoxy groups -OCH3 is 2. The summed E-state index contributed by atoms with van der Waals surface area (Å²) in [5.74, 6) is 1.29. The van der Waals surface area contributed by atoms with Gasteiger partial charge >= 0.3 is 0 Å². The van der Waals surface area contributed by atoms with Gasteiger partial charge in [-0.1, -0.05) is 35.9 Å². The summed E-state index contributed by atoms with van der Waals surface area (Å²) in [6.07, 6.45) is 3.50. The lowest BCUT2D eigenvalue weighted by Crippen LogP contribution is -2.15. The summed E-state index contributed by atoms with van der Waals surface area (Å²) in [6, 6.07) is 18.6. The maximum Gasteiger partial charge on any atom is 0.228 e. The molecule has 1 heterocycles. The molecule has 0 aliphatic heterocycles. The molecule has 36 heavy (non-hydrogen) atoms. The second-order valence-electron chi connectivity index (χ2n) is 7.82. The number of nitrogens with zero attached hydrogens (tertiary/aromatic N) is 2. The van der Waals surface area contributed by atoms with Crippen LogP contribution < -0.4 is 25.2 Å². The van der Waals surface area contributed by atoms with Crippen LogP contribution in [0.1, 0.15) is 11.1 Å². The number of anilines is 2. The topological polar surface area (TPSA) is 103 Å². The summed E-state index contributed by atoms with van der Waals surface area (Å²) in [7, 11) is 3.24. The third kappa shape index (κ3) is 6.31. The molecule has 0 atom stereocenters. The van der Waals surface area contributed by atoms with Crippen molar-refractivity contribution in [2.75, 3.05) is 25.3 Å². The smallest absolute Gasteiger partial charge is 0.228 e. The number of carbonyl (C=O) groups is 1. The molecule has 8 nitrogen and oxygen atoms in total. The quantitative estimate of drug-likeness (QED) is 0.248. The van der Waals surface area contributed by atoms with E-state index in [0.717, 1.165) is 33.2 Å². The summed E-state index contributed by atoms with van der Waals surface area (Å²) in [6.45, 7) is 0.529. The number of carbonyl (C=O) groups excluding carboxylic acids is 1. The van der Waals surface area contributed by atoms with Gasteiger partial charge in [0.2, 0.25) is 5.91 Å². The fourth-order valence-electron chi connectivity index (χ4n) is 3.54. The van der Waals surface area contributed by atoms with Gasteiger partial charge in [-0.25, -0.2) is 4.68 Å². The van der Waals surface area contributed by atoms with Crippen molar-refractivity contribution in [3.63, 3.8) is 0 Å². The molecule has 4 aromatic rings. The Kier molecular flexibility index (Phi) is 8.37. The molecule has 186 valence electrons. The fraction of sp³-hybridized carbons (Fsp3) is 0.154. The highest BCUT2D eigenvalue weighted by Crippen LogP contribution is 2.30. The molecule has 0 radical (unpaired) electrons. The molecule has 1 amide bonds. The third-order valence-corrected chi connectivity index (χ3v) is 6.55. The van der Waals surface area contributed by atoms with Crippen LogP contribution >= 0.6 is 23.5 Å². The standard InChI is InChI=1S/C26H26ClN5O3S/c1-34-21-9-7-18(24(13-21)35-2)14-30-36-25-12-20(8-10-23(25)32-16-19(28)15-29-32)31-26(33)11-17-5-3-4-6-22(17)27/h3-10,12-13,15-16,30H,11,14,28H2,1-2H3,(H,31,33). The lowest BCUT2D eigenvalue weighted by atomic mass is 10.1. The van der Waals surface area contributed by atoms with Crippen molar-refractivity contribution in [1.82, 2.24) is 14.5 Å². The third-order valence-electron chi connectivity index (χ3n) is 5.34. The van der Waals surface area contributed by atoms with Gasteiger partial charge in [0, 0.05) is 28.9 Å².